The number of fused-ring (bicyclic) bond motifs is 4. The topological polar surface area (TPSA) is 43.4 Å². The van der Waals surface area contributed by atoms with E-state index < -0.39 is 0 Å². The molecule has 98 valence electrons. The van der Waals surface area contributed by atoms with Gasteiger partial charge in [0.05, 0.1) is 10.8 Å². The van der Waals surface area contributed by atoms with Gasteiger partial charge in [-0.05, 0) is 30.3 Å². The van der Waals surface area contributed by atoms with Crippen molar-refractivity contribution >= 4 is 60.6 Å². The molecule has 20 heavy (non-hydrogen) atoms. The maximum atomic E-state index is 12.4. The number of benzene rings is 2. The van der Waals surface area contributed by atoms with Crippen LogP contribution in [-0.2, 0) is 0 Å². The Morgan fingerprint density at radius 2 is 1.70 bits per heavy atom. The van der Waals surface area contributed by atoms with Crippen molar-refractivity contribution in [1.82, 2.24) is 0 Å². The number of rotatable bonds is 0. The number of hydrogen-bond donors (Lipinski definition) is 0. The molecule has 2 aromatic carbocycles. The standard InChI is InChI=1S/C15H6BrClO3/c16-7-1-4-11-10(5-7)14-15(19-11)13(18)9-3-2-8(17)6-12(9)20-14/h1-6H. The van der Waals surface area contributed by atoms with Gasteiger partial charge in [0, 0.05) is 15.6 Å². The minimum Gasteiger partial charge on any atom is -0.452 e. The first-order chi connectivity index (χ1) is 9.63. The van der Waals surface area contributed by atoms with Gasteiger partial charge in [-0.3, -0.25) is 4.79 Å². The fourth-order valence-corrected chi connectivity index (χ4v) is 2.82. The maximum Gasteiger partial charge on any atom is 0.235 e. The van der Waals surface area contributed by atoms with Crippen LogP contribution in [0.5, 0.6) is 0 Å². The summed E-state index contributed by atoms with van der Waals surface area (Å²) in [5.74, 6) is 0. The van der Waals surface area contributed by atoms with Crippen LogP contribution in [0.25, 0.3) is 33.1 Å². The lowest BCUT2D eigenvalue weighted by molar-refractivity contribution is 0.630. The van der Waals surface area contributed by atoms with Gasteiger partial charge in [-0.15, -0.1) is 0 Å². The first kappa shape index (κ1) is 12.0. The quantitative estimate of drug-likeness (QED) is 0.443. The summed E-state index contributed by atoms with van der Waals surface area (Å²) in [6.07, 6.45) is 0. The molecule has 0 amide bonds. The molecular weight excluding hydrogens is 344 g/mol. The van der Waals surface area contributed by atoms with Gasteiger partial charge in [0.15, 0.2) is 5.58 Å². The summed E-state index contributed by atoms with van der Waals surface area (Å²) in [7, 11) is 0. The van der Waals surface area contributed by atoms with Crippen molar-refractivity contribution in [2.45, 2.75) is 0 Å². The molecular formula is C15H6BrClO3. The van der Waals surface area contributed by atoms with E-state index in [1.807, 2.05) is 12.1 Å². The van der Waals surface area contributed by atoms with Crippen molar-refractivity contribution in [2.75, 3.05) is 0 Å². The van der Waals surface area contributed by atoms with Gasteiger partial charge in [-0.25, -0.2) is 0 Å². The molecule has 0 saturated carbocycles. The molecule has 0 aliphatic rings. The van der Waals surface area contributed by atoms with E-state index in [4.69, 9.17) is 20.4 Å². The Hall–Kier alpha value is -1.78. The Morgan fingerprint density at radius 1 is 0.900 bits per heavy atom. The Labute approximate surface area is 125 Å². The van der Waals surface area contributed by atoms with Crippen LogP contribution in [-0.4, -0.2) is 0 Å². The third-order valence-electron chi connectivity index (χ3n) is 3.21. The normalized spacial score (nSPS) is 11.7. The zero-order valence-electron chi connectivity index (χ0n) is 9.94. The molecule has 0 unspecified atom stereocenters. The molecule has 0 spiro atoms. The number of furan rings is 1. The molecule has 4 aromatic rings. The van der Waals surface area contributed by atoms with E-state index in [-0.39, 0.29) is 11.0 Å². The summed E-state index contributed by atoms with van der Waals surface area (Å²) in [6, 6.07) is 10.4. The predicted octanol–water partition coefficient (Wildman–Crippen LogP) is 5.11. The largest absolute Gasteiger partial charge is 0.452 e. The van der Waals surface area contributed by atoms with Crippen LogP contribution >= 0.6 is 27.5 Å². The van der Waals surface area contributed by atoms with E-state index in [1.54, 1.807) is 24.3 Å². The highest BCUT2D eigenvalue weighted by atomic mass is 79.9. The van der Waals surface area contributed by atoms with Crippen molar-refractivity contribution < 1.29 is 8.83 Å². The molecule has 0 N–H and O–H groups in total. The lowest BCUT2D eigenvalue weighted by atomic mass is 10.2. The van der Waals surface area contributed by atoms with Crippen LogP contribution in [0.3, 0.4) is 0 Å². The average Bonchev–Trinajstić information content (AvgIpc) is 2.77. The summed E-state index contributed by atoms with van der Waals surface area (Å²) in [6.45, 7) is 0. The van der Waals surface area contributed by atoms with Crippen LogP contribution in [0.2, 0.25) is 5.02 Å². The molecule has 2 aromatic heterocycles. The maximum absolute atomic E-state index is 12.4. The molecule has 0 radical (unpaired) electrons. The Bertz CT molecular complexity index is 1050. The summed E-state index contributed by atoms with van der Waals surface area (Å²) in [5, 5.41) is 1.74. The molecule has 4 rings (SSSR count). The van der Waals surface area contributed by atoms with E-state index in [9.17, 15) is 4.79 Å². The fourth-order valence-electron chi connectivity index (χ4n) is 2.30. The van der Waals surface area contributed by atoms with Crippen molar-refractivity contribution in [1.29, 1.82) is 0 Å². The Morgan fingerprint density at radius 3 is 2.55 bits per heavy atom. The van der Waals surface area contributed by atoms with Crippen LogP contribution in [0.4, 0.5) is 0 Å². The van der Waals surface area contributed by atoms with Gasteiger partial charge in [0.1, 0.15) is 11.2 Å². The summed E-state index contributed by atoms with van der Waals surface area (Å²) in [5.41, 5.74) is 1.56. The number of hydrogen-bond acceptors (Lipinski definition) is 3. The summed E-state index contributed by atoms with van der Waals surface area (Å²) < 4.78 is 12.3. The summed E-state index contributed by atoms with van der Waals surface area (Å²) >= 11 is 9.35. The molecule has 0 bridgehead atoms. The lowest BCUT2D eigenvalue weighted by Gasteiger charge is -1.97. The lowest BCUT2D eigenvalue weighted by Crippen LogP contribution is -1.99. The average molecular weight is 350 g/mol. The fraction of sp³-hybridized carbons (Fsp3) is 0. The van der Waals surface area contributed by atoms with Crippen molar-refractivity contribution in [3.63, 3.8) is 0 Å². The van der Waals surface area contributed by atoms with Crippen LogP contribution < -0.4 is 5.43 Å². The van der Waals surface area contributed by atoms with E-state index in [0.29, 0.717) is 27.2 Å². The van der Waals surface area contributed by atoms with Gasteiger partial charge in [0.2, 0.25) is 11.0 Å². The molecule has 0 aliphatic carbocycles. The minimum absolute atomic E-state index is 0.190. The van der Waals surface area contributed by atoms with Gasteiger partial charge in [-0.2, -0.15) is 0 Å². The van der Waals surface area contributed by atoms with Crippen molar-refractivity contribution in [3.05, 3.63) is 56.1 Å². The molecule has 0 aliphatic heterocycles. The molecule has 0 atom stereocenters. The van der Waals surface area contributed by atoms with E-state index in [0.717, 1.165) is 9.86 Å². The summed E-state index contributed by atoms with van der Waals surface area (Å²) in [4.78, 5) is 12.4. The molecule has 3 nitrogen and oxygen atoms in total. The van der Waals surface area contributed by atoms with Gasteiger partial charge >= 0.3 is 0 Å². The zero-order valence-corrected chi connectivity index (χ0v) is 12.3. The second-order valence-electron chi connectivity index (χ2n) is 4.47. The van der Waals surface area contributed by atoms with Crippen LogP contribution in [0.1, 0.15) is 0 Å². The van der Waals surface area contributed by atoms with E-state index >= 15 is 0 Å². The smallest absolute Gasteiger partial charge is 0.235 e. The highest BCUT2D eigenvalue weighted by Gasteiger charge is 2.16. The highest BCUT2D eigenvalue weighted by Crippen LogP contribution is 2.31. The molecule has 2 heterocycles. The van der Waals surface area contributed by atoms with Crippen LogP contribution in [0.15, 0.2) is 54.5 Å². The second kappa shape index (κ2) is 4.11. The monoisotopic (exact) mass is 348 g/mol. The van der Waals surface area contributed by atoms with E-state index in [1.165, 1.54) is 0 Å². The zero-order chi connectivity index (χ0) is 13.9. The van der Waals surface area contributed by atoms with Crippen LogP contribution in [0, 0.1) is 0 Å². The molecule has 0 saturated heterocycles. The van der Waals surface area contributed by atoms with Gasteiger partial charge in [-0.1, -0.05) is 27.5 Å². The molecule has 0 fully saturated rings. The number of halogens is 2. The Balaban J connectivity index is 2.30. The SMILES string of the molecule is O=c1c2ccc(Cl)cc2oc2c1oc1ccc(Br)cc12. The van der Waals surface area contributed by atoms with Crippen molar-refractivity contribution in [3.8, 4) is 0 Å². The highest BCUT2D eigenvalue weighted by molar-refractivity contribution is 9.10. The Kier molecular flexibility index (Phi) is 2.46. The first-order valence-electron chi connectivity index (χ1n) is 5.87. The third-order valence-corrected chi connectivity index (χ3v) is 3.94. The second-order valence-corrected chi connectivity index (χ2v) is 5.82. The van der Waals surface area contributed by atoms with Crippen molar-refractivity contribution in [2.24, 2.45) is 0 Å². The molecule has 5 heteroatoms. The van der Waals surface area contributed by atoms with E-state index in [2.05, 4.69) is 15.9 Å². The van der Waals surface area contributed by atoms with Gasteiger partial charge < -0.3 is 8.83 Å². The third kappa shape index (κ3) is 1.62. The first-order valence-corrected chi connectivity index (χ1v) is 7.05. The predicted molar refractivity (Wildman–Crippen MR) is 82.5 cm³/mol. The van der Waals surface area contributed by atoms with Gasteiger partial charge in [0.25, 0.3) is 0 Å². The minimum atomic E-state index is -0.190.